The van der Waals surface area contributed by atoms with E-state index in [1.165, 1.54) is 44.5 Å². The van der Waals surface area contributed by atoms with Gasteiger partial charge in [-0.2, -0.15) is 0 Å². The van der Waals surface area contributed by atoms with E-state index in [-0.39, 0.29) is 22.8 Å². The Morgan fingerprint density at radius 3 is 2.35 bits per heavy atom. The van der Waals surface area contributed by atoms with Crippen LogP contribution in [0.5, 0.6) is 5.75 Å². The van der Waals surface area contributed by atoms with Crippen molar-refractivity contribution in [2.75, 3.05) is 32.6 Å². The minimum absolute atomic E-state index is 0.0249. The van der Waals surface area contributed by atoms with Crippen LogP contribution < -0.4 is 15.2 Å². The lowest BCUT2D eigenvalue weighted by molar-refractivity contribution is -0.136. The van der Waals surface area contributed by atoms with Gasteiger partial charge in [0.1, 0.15) is 17.1 Å². The number of carbonyl (C=O) groups excluding carboxylic acids is 3. The number of amides is 2. The van der Waals surface area contributed by atoms with E-state index in [0.29, 0.717) is 5.69 Å². The van der Waals surface area contributed by atoms with Crippen LogP contribution >= 0.6 is 0 Å². The van der Waals surface area contributed by atoms with Gasteiger partial charge in [-0.25, -0.2) is 22.7 Å². The van der Waals surface area contributed by atoms with E-state index >= 15 is 0 Å². The molecule has 0 aliphatic heterocycles. The predicted octanol–water partition coefficient (Wildman–Crippen LogP) is 0.736. The van der Waals surface area contributed by atoms with E-state index in [1.807, 2.05) is 0 Å². The molecule has 0 spiro atoms. The van der Waals surface area contributed by atoms with Gasteiger partial charge in [0.2, 0.25) is 15.9 Å². The van der Waals surface area contributed by atoms with Crippen molar-refractivity contribution in [1.29, 1.82) is 0 Å². The highest BCUT2D eigenvalue weighted by atomic mass is 32.2. The third-order valence-electron chi connectivity index (χ3n) is 3.98. The van der Waals surface area contributed by atoms with Gasteiger partial charge in [-0.1, -0.05) is 0 Å². The smallest absolute Gasteiger partial charge is 0.342 e. The molecular formula is C19H20FN3O7S. The lowest BCUT2D eigenvalue weighted by Gasteiger charge is -2.17. The highest BCUT2D eigenvalue weighted by Gasteiger charge is 2.21. The van der Waals surface area contributed by atoms with E-state index in [1.54, 1.807) is 0 Å². The number of nitrogens with zero attached hydrogens (tertiary/aromatic N) is 1. The number of primary sulfonamides is 1. The molecule has 12 heteroatoms. The van der Waals surface area contributed by atoms with Crippen LogP contribution in [0.25, 0.3) is 0 Å². The van der Waals surface area contributed by atoms with Crippen molar-refractivity contribution in [3.63, 3.8) is 0 Å². The topological polar surface area (TPSA) is 145 Å². The zero-order valence-corrected chi connectivity index (χ0v) is 17.4. The molecule has 31 heavy (non-hydrogen) atoms. The number of ether oxygens (including phenoxy) is 2. The zero-order valence-electron chi connectivity index (χ0n) is 16.6. The molecule has 0 aliphatic carbocycles. The molecule has 0 unspecified atom stereocenters. The number of carbonyl (C=O) groups is 3. The van der Waals surface area contributed by atoms with Gasteiger partial charge in [-0.05, 0) is 42.5 Å². The maximum Gasteiger partial charge on any atom is 0.342 e. The summed E-state index contributed by atoms with van der Waals surface area (Å²) >= 11 is 0. The summed E-state index contributed by atoms with van der Waals surface area (Å²) in [6, 6.07) is 8.42. The summed E-state index contributed by atoms with van der Waals surface area (Å²) in [5, 5.41) is 7.54. The number of nitrogens with two attached hydrogens (primary N) is 1. The first-order valence-electron chi connectivity index (χ1n) is 8.68. The monoisotopic (exact) mass is 453 g/mol. The minimum atomic E-state index is -4.07. The fourth-order valence-corrected chi connectivity index (χ4v) is 2.92. The Morgan fingerprint density at radius 2 is 1.77 bits per heavy atom. The van der Waals surface area contributed by atoms with Crippen molar-refractivity contribution in [2.45, 2.75) is 4.90 Å². The third kappa shape index (κ3) is 6.76. The van der Waals surface area contributed by atoms with E-state index in [2.05, 4.69) is 5.32 Å². The van der Waals surface area contributed by atoms with Gasteiger partial charge >= 0.3 is 5.97 Å². The largest absolute Gasteiger partial charge is 0.496 e. The molecule has 2 amide bonds. The number of hydrogen-bond donors (Lipinski definition) is 2. The van der Waals surface area contributed by atoms with Crippen LogP contribution in [0.1, 0.15) is 10.4 Å². The minimum Gasteiger partial charge on any atom is -0.496 e. The van der Waals surface area contributed by atoms with Crippen molar-refractivity contribution in [3.8, 4) is 5.75 Å². The van der Waals surface area contributed by atoms with Crippen LogP contribution in [0.3, 0.4) is 0 Å². The Morgan fingerprint density at radius 1 is 1.13 bits per heavy atom. The molecule has 0 radical (unpaired) electrons. The number of esters is 1. The van der Waals surface area contributed by atoms with Crippen LogP contribution in [0.4, 0.5) is 10.1 Å². The second-order valence-corrected chi connectivity index (χ2v) is 7.85. The molecule has 2 aromatic carbocycles. The maximum atomic E-state index is 12.9. The van der Waals surface area contributed by atoms with Gasteiger partial charge in [-0.15, -0.1) is 0 Å². The van der Waals surface area contributed by atoms with Crippen molar-refractivity contribution < 1.29 is 36.7 Å². The molecule has 0 saturated carbocycles. The molecule has 0 aliphatic rings. The number of anilines is 1. The average molecular weight is 453 g/mol. The Kier molecular flexibility index (Phi) is 7.67. The van der Waals surface area contributed by atoms with Gasteiger partial charge in [0.15, 0.2) is 6.61 Å². The summed E-state index contributed by atoms with van der Waals surface area (Å²) in [4.78, 5) is 37.1. The summed E-state index contributed by atoms with van der Waals surface area (Å²) in [7, 11) is -1.49. The predicted molar refractivity (Wildman–Crippen MR) is 107 cm³/mol. The molecule has 2 rings (SSSR count). The summed E-state index contributed by atoms with van der Waals surface area (Å²) in [5.74, 6) is -2.68. The normalized spacial score (nSPS) is 10.8. The van der Waals surface area contributed by atoms with Crippen molar-refractivity contribution in [3.05, 3.63) is 53.8 Å². The molecule has 0 bridgehead atoms. The first-order valence-corrected chi connectivity index (χ1v) is 10.2. The molecule has 2 aromatic rings. The average Bonchev–Trinajstić information content (AvgIpc) is 2.72. The van der Waals surface area contributed by atoms with Crippen LogP contribution in [0.15, 0.2) is 47.4 Å². The van der Waals surface area contributed by atoms with Crippen molar-refractivity contribution >= 4 is 33.5 Å². The van der Waals surface area contributed by atoms with E-state index in [0.717, 1.165) is 17.0 Å². The number of nitrogens with one attached hydrogen (secondary N) is 1. The van der Waals surface area contributed by atoms with Crippen LogP contribution in [-0.4, -0.2) is 58.4 Å². The number of halogens is 1. The van der Waals surface area contributed by atoms with Gasteiger partial charge in [0, 0.05) is 12.7 Å². The van der Waals surface area contributed by atoms with Gasteiger partial charge < -0.3 is 19.7 Å². The molecule has 0 aromatic heterocycles. The highest BCUT2D eigenvalue weighted by molar-refractivity contribution is 7.89. The fourth-order valence-electron chi connectivity index (χ4n) is 2.38. The number of methoxy groups -OCH3 is 1. The third-order valence-corrected chi connectivity index (χ3v) is 4.89. The molecule has 0 atom stereocenters. The van der Waals surface area contributed by atoms with E-state index < -0.39 is 40.2 Å². The number of hydrogen-bond acceptors (Lipinski definition) is 7. The maximum absolute atomic E-state index is 12.9. The Hall–Kier alpha value is -3.51. The molecule has 166 valence electrons. The lowest BCUT2D eigenvalue weighted by Crippen LogP contribution is -2.37. The fraction of sp³-hybridized carbons (Fsp3) is 0.211. The Bertz CT molecular complexity index is 1090. The number of rotatable bonds is 8. The molecule has 0 heterocycles. The number of likely N-dealkylation sites (N-methyl/N-ethyl adjacent to an activating group) is 1. The zero-order chi connectivity index (χ0) is 23.2. The summed E-state index contributed by atoms with van der Waals surface area (Å²) < 4.78 is 45.8. The summed E-state index contributed by atoms with van der Waals surface area (Å²) in [5.41, 5.74) is 0.110. The van der Waals surface area contributed by atoms with Gasteiger partial charge in [0.25, 0.3) is 5.91 Å². The molecule has 3 N–H and O–H groups in total. The number of sulfonamides is 1. The summed E-state index contributed by atoms with van der Waals surface area (Å²) in [6.07, 6.45) is 0. The van der Waals surface area contributed by atoms with Gasteiger partial charge in [0.05, 0.1) is 18.6 Å². The Labute approximate surface area is 177 Å². The van der Waals surface area contributed by atoms with Gasteiger partial charge in [-0.3, -0.25) is 9.59 Å². The Balaban J connectivity index is 1.96. The van der Waals surface area contributed by atoms with Crippen LogP contribution in [-0.2, 0) is 24.3 Å². The van der Waals surface area contributed by atoms with Crippen molar-refractivity contribution in [1.82, 2.24) is 4.90 Å². The van der Waals surface area contributed by atoms with Crippen LogP contribution in [0, 0.1) is 5.82 Å². The molecule has 0 saturated heterocycles. The first-order chi connectivity index (χ1) is 14.5. The molecular weight excluding hydrogens is 433 g/mol. The van der Waals surface area contributed by atoms with Crippen molar-refractivity contribution in [2.24, 2.45) is 5.14 Å². The quantitative estimate of drug-likeness (QED) is 0.561. The molecule has 0 fully saturated rings. The lowest BCUT2D eigenvalue weighted by atomic mass is 10.2. The van der Waals surface area contributed by atoms with E-state index in [9.17, 15) is 27.2 Å². The first kappa shape index (κ1) is 23.8. The standard InChI is InChI=1S/C19H20FN3O7S/c1-23(10-17(24)22-13-5-3-12(20)4-6-13)18(25)11-30-19(26)15-9-14(31(21,27)28)7-8-16(15)29-2/h3-9H,10-11H2,1-2H3,(H,22,24)(H2,21,27,28). The van der Waals surface area contributed by atoms with Crippen LogP contribution in [0.2, 0.25) is 0 Å². The highest BCUT2D eigenvalue weighted by Crippen LogP contribution is 2.22. The second kappa shape index (κ2) is 10.00. The number of benzene rings is 2. The molecule has 10 nitrogen and oxygen atoms in total. The SMILES string of the molecule is COc1ccc(S(N)(=O)=O)cc1C(=O)OCC(=O)N(C)CC(=O)Nc1ccc(F)cc1. The van der Waals surface area contributed by atoms with E-state index in [4.69, 9.17) is 14.6 Å². The summed E-state index contributed by atoms with van der Waals surface area (Å²) in [6.45, 7) is -1.06. The second-order valence-electron chi connectivity index (χ2n) is 6.29.